The number of aromatic nitrogens is 5. The van der Waals surface area contributed by atoms with E-state index in [1.54, 1.807) is 80.2 Å². The lowest BCUT2D eigenvalue weighted by atomic mass is 9.98. The van der Waals surface area contributed by atoms with Crippen molar-refractivity contribution in [1.82, 2.24) is 23.3 Å². The van der Waals surface area contributed by atoms with Crippen LogP contribution in [0.2, 0.25) is 0 Å². The molecule has 7 N–H and O–H groups in total. The van der Waals surface area contributed by atoms with E-state index >= 15 is 0 Å². The number of ketones is 1. The van der Waals surface area contributed by atoms with Crippen molar-refractivity contribution in [1.29, 1.82) is 0 Å². The second kappa shape index (κ2) is 46.0. The summed E-state index contributed by atoms with van der Waals surface area (Å²) in [5.74, 6) is 5.32. The van der Waals surface area contributed by atoms with Crippen molar-refractivity contribution in [2.75, 3.05) is 50.9 Å². The van der Waals surface area contributed by atoms with Gasteiger partial charge in [-0.2, -0.15) is 5.10 Å². The first-order chi connectivity index (χ1) is 69.5. The van der Waals surface area contributed by atoms with Gasteiger partial charge in [-0.25, -0.2) is 12.4 Å². The van der Waals surface area contributed by atoms with Crippen molar-refractivity contribution >= 4 is 113 Å². The number of benzene rings is 11. The van der Waals surface area contributed by atoms with Gasteiger partial charge in [-0.1, -0.05) is 166 Å². The number of nitrogens with zero attached hydrogens (tertiary/aromatic N) is 5. The summed E-state index contributed by atoms with van der Waals surface area (Å²) in [6.07, 6.45) is 10.4. The predicted molar refractivity (Wildman–Crippen MR) is 567 cm³/mol. The number of carbonyl (C=O) groups is 6. The normalized spacial score (nSPS) is 17.0. The van der Waals surface area contributed by atoms with Gasteiger partial charge in [0.05, 0.1) is 102 Å². The highest BCUT2D eigenvalue weighted by atomic mass is 32.2. The van der Waals surface area contributed by atoms with E-state index in [2.05, 4.69) is 178 Å². The maximum atomic E-state index is 13.7. The molecule has 15 aromatic rings. The molecule has 11 aromatic carbocycles. The van der Waals surface area contributed by atoms with Gasteiger partial charge < -0.3 is 74.9 Å². The fourth-order valence-corrected chi connectivity index (χ4v) is 19.3. The van der Waals surface area contributed by atoms with Crippen molar-refractivity contribution in [2.45, 2.75) is 181 Å². The van der Waals surface area contributed by atoms with E-state index in [0.717, 1.165) is 85.9 Å². The Morgan fingerprint density at radius 2 is 0.972 bits per heavy atom. The smallest absolute Gasteiger partial charge is 0.268 e. The molecule has 0 spiro atoms. The Bertz CT molecular complexity index is 7290. The van der Waals surface area contributed by atoms with Crippen molar-refractivity contribution in [3.05, 3.63) is 326 Å². The minimum Gasteiger partial charge on any atom is -0.497 e. The summed E-state index contributed by atoms with van der Waals surface area (Å²) < 4.78 is 73.2. The zero-order chi connectivity index (χ0) is 101. The Morgan fingerprint density at radius 3 is 1.60 bits per heavy atom. The summed E-state index contributed by atoms with van der Waals surface area (Å²) in [5.41, 5.74) is 19.1. The molecule has 4 aromatic heterocycles. The molecule has 0 fully saturated rings. The van der Waals surface area contributed by atoms with Gasteiger partial charge in [0, 0.05) is 124 Å². The highest BCUT2D eigenvalue weighted by Gasteiger charge is 2.32. The monoisotopic (exact) mass is 1950 g/mol. The van der Waals surface area contributed by atoms with Gasteiger partial charge in [-0.15, -0.1) is 0 Å². The van der Waals surface area contributed by atoms with E-state index in [1.165, 1.54) is 31.7 Å². The molecule has 27 nitrogen and oxygen atoms in total. The maximum Gasteiger partial charge on any atom is 0.268 e. The fraction of sp³-hybridized carbons (Fsp3) is 0.259. The van der Waals surface area contributed by atoms with Gasteiger partial charge in [-0.05, 0) is 205 Å². The molecule has 6 aliphatic heterocycles. The lowest BCUT2D eigenvalue weighted by Crippen LogP contribution is -2.19. The Balaban J connectivity index is 0.000000125. The number of hydrogen-bond acceptors (Lipinski definition) is 19. The van der Waals surface area contributed by atoms with Crippen LogP contribution in [0.4, 0.5) is 39.8 Å². The van der Waals surface area contributed by atoms with Crippen LogP contribution in [0.1, 0.15) is 142 Å². The number of para-hydroxylation sites is 6. The summed E-state index contributed by atoms with van der Waals surface area (Å²) in [7, 11) is -2.25. The number of nitrogens with one attached hydrogen (secondary N) is 7. The molecule has 0 radical (unpaired) electrons. The zero-order valence-corrected chi connectivity index (χ0v) is 83.4. The van der Waals surface area contributed by atoms with Gasteiger partial charge in [0.2, 0.25) is 29.5 Å². The van der Waals surface area contributed by atoms with Gasteiger partial charge in [-0.3, -0.25) is 38.4 Å². The number of hydrogen-bond donors (Lipinski definition) is 7. The lowest BCUT2D eigenvalue weighted by molar-refractivity contribution is -0.119. The number of methoxy groups -OCH3 is 1. The van der Waals surface area contributed by atoms with E-state index in [1.807, 2.05) is 173 Å². The molecule has 0 aliphatic carbocycles. The number of fused-ring (bicyclic) bond motifs is 8. The SMILES string of the molecule is C=C(c1ccc(OC)cc1)c1cccc2c1O[C@H](C)CC(=O)N2.CC(C)COc1ccc2c(c1)O[C@H](C)CC(=O)N2.CC(C)n1cc(-c2cccc3c2N[C@H](C)CC(=O)N3)cn1.C[C@@H]1CC(=O)Cc2cccc(-c3cc4ccccc4n3CCc3ccccc3)c2N1.C[C@@H]1CC(=O)Nc2ccc(OCc3ccncc3)cc2O1.C[C@@H]1CC(=O)Nc2cccc(-c3cc4ccccc4n3S(=O)(=O)c3ccccc3)c2O1. The number of ether oxygens (including phenoxy) is 7. The predicted octanol–water partition coefficient (Wildman–Crippen LogP) is 23.3. The van der Waals surface area contributed by atoms with E-state index in [0.29, 0.717) is 138 Å². The van der Waals surface area contributed by atoms with Crippen molar-refractivity contribution in [3.63, 3.8) is 0 Å². The van der Waals surface area contributed by atoms with Crippen LogP contribution in [0.15, 0.2) is 303 Å². The molecule has 0 bridgehead atoms. The third-order valence-electron chi connectivity index (χ3n) is 24.6. The number of anilines is 7. The van der Waals surface area contributed by atoms with Gasteiger partial charge >= 0.3 is 0 Å². The number of pyridine rings is 1. The van der Waals surface area contributed by atoms with E-state index in [4.69, 9.17) is 33.2 Å². The fourth-order valence-electron chi connectivity index (χ4n) is 17.7. The summed E-state index contributed by atoms with van der Waals surface area (Å²) >= 11 is 0. The topological polar surface area (TPSA) is 326 Å². The van der Waals surface area contributed by atoms with Gasteiger partial charge in [0.15, 0.2) is 11.5 Å². The highest BCUT2D eigenvalue weighted by molar-refractivity contribution is 7.90. The Labute approximate surface area is 839 Å². The minimum absolute atomic E-state index is 0.0166. The third-order valence-corrected chi connectivity index (χ3v) is 26.4. The van der Waals surface area contributed by atoms with Gasteiger partial charge in [0.1, 0.15) is 65.6 Å². The molecule has 10 heterocycles. The average molecular weight is 1950 g/mol. The molecule has 0 saturated carbocycles. The van der Waals surface area contributed by atoms with Crippen molar-refractivity contribution in [3.8, 4) is 73.9 Å². The largest absolute Gasteiger partial charge is 0.497 e. The molecule has 5 amide bonds. The van der Waals surface area contributed by atoms with Gasteiger partial charge in [0.25, 0.3) is 10.0 Å². The molecule has 740 valence electrons. The first-order valence-corrected chi connectivity index (χ1v) is 50.0. The van der Waals surface area contributed by atoms with E-state index < -0.39 is 10.0 Å². The third kappa shape index (κ3) is 25.0. The summed E-state index contributed by atoms with van der Waals surface area (Å²) in [4.78, 5) is 75.5. The first kappa shape index (κ1) is 101. The molecule has 6 aliphatic rings. The summed E-state index contributed by atoms with van der Waals surface area (Å²) in [6, 6.07) is 85.4. The average Bonchev–Trinajstić information content (AvgIpc) is 1.58. The van der Waals surface area contributed by atoms with Crippen LogP contribution in [0.5, 0.6) is 40.2 Å². The Kier molecular flexibility index (Phi) is 32.2. The zero-order valence-electron chi connectivity index (χ0n) is 82.6. The second-order valence-electron chi connectivity index (χ2n) is 37.2. The van der Waals surface area contributed by atoms with Crippen molar-refractivity contribution in [2.24, 2.45) is 5.92 Å². The number of rotatable bonds is 18. The van der Waals surface area contributed by atoms with Crippen LogP contribution in [0.3, 0.4) is 0 Å². The quantitative estimate of drug-likeness (QED) is 0.0420. The molecule has 0 saturated heterocycles. The number of Topliss-reactive ketones (excluding diaryl/α,β-unsaturated/α-hetero) is 1. The highest BCUT2D eigenvalue weighted by Crippen LogP contribution is 2.46. The van der Waals surface area contributed by atoms with Crippen LogP contribution >= 0.6 is 0 Å². The van der Waals surface area contributed by atoms with Crippen LogP contribution < -0.4 is 70.4 Å². The maximum absolute atomic E-state index is 13.7. The standard InChI is InChI=1S/C27H26N2O.C24H20N2O4S.C19H19NO3.C16H20N4O.C16H16N2O3.C14H19NO3/c1-19-16-23(30)17-22-11-7-12-24(27(22)28-19)26-18-21-10-5-6-13-25(21)29(26)15-14-20-8-3-2-4-9-20;1-16-14-23(27)25-20-12-7-11-19(24(20)30-16)22-15-17-8-5-6-13-21(17)26(22)31(28,29)18-9-3-2-4-10-18;1-12-11-18(21)20-17-6-4-5-16(19(17)23-12)13(2)14-7-9-15(22-3)10-8-14;1-10(2)20-9-12(8-17-20)13-5-4-6-14-16(13)18-11(3)7-15(21)19-14;1-11-8-16(19)18-14-3-2-13(9-15(14)21-11)20-10-12-4-6-17-7-5-12;1-9(2)8-17-11-4-5-12-13(7-11)18-10(3)6-14(16)15-12/h2-13,18-19,28H,14-17H2,1H3;2-13,15-16H,14H2,1H3,(H,25,27);4-10,12H,2,11H2,1,3H3,(H,20,21);4-6,8-11,18H,7H2,1-3H3,(H,19,21);2-7,9,11H,8,10H2,1H3,(H,18,19);4-5,7,9-10H,6,8H2,1-3H3,(H,15,16)/t19-;16-;12-;2*11-;10-/m111111/s1. The van der Waals surface area contributed by atoms with Crippen LogP contribution in [-0.4, -0.2) is 117 Å². The molecule has 144 heavy (non-hydrogen) atoms. The number of carbonyl (C=O) groups excluding carboxylic acids is 6. The van der Waals surface area contributed by atoms with Crippen LogP contribution in [-0.2, 0) is 64.8 Å². The molecular weight excluding hydrogens is 1830 g/mol. The molecule has 6 atom stereocenters. The summed E-state index contributed by atoms with van der Waals surface area (Å²) in [5, 5.41) is 27.9. The second-order valence-corrected chi connectivity index (χ2v) is 39.0. The number of aryl methyl sites for hydroxylation is 2. The van der Waals surface area contributed by atoms with Crippen molar-refractivity contribution < 1.29 is 70.3 Å². The molecule has 28 heteroatoms. The Morgan fingerprint density at radius 1 is 0.465 bits per heavy atom. The molecule has 0 unspecified atom stereocenters. The minimum atomic E-state index is -3.89. The van der Waals surface area contributed by atoms with Crippen LogP contribution in [0.25, 0.3) is 61.0 Å². The van der Waals surface area contributed by atoms with E-state index in [9.17, 15) is 37.2 Å². The lowest BCUT2D eigenvalue weighted by Gasteiger charge is -2.19. The summed E-state index contributed by atoms with van der Waals surface area (Å²) in [6.45, 7) is 26.2. The van der Waals surface area contributed by atoms with Crippen LogP contribution in [0, 0.1) is 5.92 Å². The number of amides is 5. The molecular formula is C116H120N12O15S. The Hall–Kier alpha value is -16.2. The van der Waals surface area contributed by atoms with E-state index in [-0.39, 0.29) is 77.4 Å². The first-order valence-electron chi connectivity index (χ1n) is 48.6. The molecule has 21 rings (SSSR count).